The van der Waals surface area contributed by atoms with E-state index in [1.165, 1.54) is 6.07 Å². The highest BCUT2D eigenvalue weighted by atomic mass is 16.6. The summed E-state index contributed by atoms with van der Waals surface area (Å²) in [6.07, 6.45) is 0. The molecule has 70 valence electrons. The number of rotatable bonds is 2. The van der Waals surface area contributed by atoms with Gasteiger partial charge in [-0.1, -0.05) is 6.07 Å². The zero-order valence-electron chi connectivity index (χ0n) is 7.57. The molecule has 0 radical (unpaired) electrons. The van der Waals surface area contributed by atoms with Gasteiger partial charge in [0.05, 0.1) is 0 Å². The lowest BCUT2D eigenvalue weighted by Crippen LogP contribution is -2.00. The quantitative estimate of drug-likeness (QED) is 0.558. The molecule has 0 bridgehead atoms. The van der Waals surface area contributed by atoms with E-state index in [2.05, 4.69) is 0 Å². The first kappa shape index (κ1) is 9.51. The monoisotopic (exact) mass is 181 g/mol. The van der Waals surface area contributed by atoms with Crippen LogP contribution in [0.15, 0.2) is 12.1 Å². The molecule has 0 aliphatic rings. The van der Waals surface area contributed by atoms with Gasteiger partial charge >= 0.3 is 0 Å². The second-order valence-electron chi connectivity index (χ2n) is 3.06. The van der Waals surface area contributed by atoms with Crippen LogP contribution in [0.5, 0.6) is 5.75 Å². The Labute approximate surface area is 76.0 Å². The molecular formula is C9H11NO3. The third-order valence-corrected chi connectivity index (χ3v) is 1.95. The number of phenols is 1. The predicted octanol–water partition coefficient (Wildman–Crippen LogP) is 1.79. The molecule has 4 nitrogen and oxygen atoms in total. The topological polar surface area (TPSA) is 63.4 Å². The predicted molar refractivity (Wildman–Crippen MR) is 48.3 cm³/mol. The molecule has 0 aliphatic carbocycles. The summed E-state index contributed by atoms with van der Waals surface area (Å²) >= 11 is 0. The second-order valence-corrected chi connectivity index (χ2v) is 3.06. The van der Waals surface area contributed by atoms with Crippen LogP contribution in [0.2, 0.25) is 0 Å². The molecule has 0 aliphatic heterocycles. The first-order chi connectivity index (χ1) is 6.00. The fourth-order valence-electron chi connectivity index (χ4n) is 1.19. The van der Waals surface area contributed by atoms with E-state index in [0.717, 1.165) is 11.1 Å². The minimum atomic E-state index is -0.406. The standard InChI is InChI=1S/C9H11NO3/c1-6-3-7(2)9(11)4-8(6)5-10(12)13/h3-4,11H,5H2,1-2H3. The van der Waals surface area contributed by atoms with E-state index in [1.54, 1.807) is 19.9 Å². The van der Waals surface area contributed by atoms with Gasteiger partial charge in [0.1, 0.15) is 5.75 Å². The van der Waals surface area contributed by atoms with E-state index in [-0.39, 0.29) is 12.3 Å². The highest BCUT2D eigenvalue weighted by molar-refractivity contribution is 5.40. The van der Waals surface area contributed by atoms with E-state index < -0.39 is 4.92 Å². The number of phenolic OH excluding ortho intramolecular Hbond substituents is 1. The lowest BCUT2D eigenvalue weighted by atomic mass is 10.1. The van der Waals surface area contributed by atoms with Crippen molar-refractivity contribution >= 4 is 0 Å². The molecule has 0 unspecified atom stereocenters. The lowest BCUT2D eigenvalue weighted by Gasteiger charge is -2.04. The average molecular weight is 181 g/mol. The van der Waals surface area contributed by atoms with Crippen LogP contribution < -0.4 is 0 Å². The molecular weight excluding hydrogens is 170 g/mol. The first-order valence-electron chi connectivity index (χ1n) is 3.91. The van der Waals surface area contributed by atoms with Crippen LogP contribution in [-0.4, -0.2) is 10.0 Å². The zero-order valence-corrected chi connectivity index (χ0v) is 7.57. The van der Waals surface area contributed by atoms with Gasteiger partial charge in [-0.05, 0) is 31.0 Å². The molecule has 0 fully saturated rings. The lowest BCUT2D eigenvalue weighted by molar-refractivity contribution is -0.496. The van der Waals surface area contributed by atoms with Gasteiger partial charge in [-0.15, -0.1) is 0 Å². The smallest absolute Gasteiger partial charge is 0.229 e. The summed E-state index contributed by atoms with van der Waals surface area (Å²) < 4.78 is 0. The van der Waals surface area contributed by atoms with Crippen LogP contribution in [0.4, 0.5) is 0 Å². The molecule has 1 aromatic rings. The van der Waals surface area contributed by atoms with Crippen molar-refractivity contribution in [1.29, 1.82) is 0 Å². The van der Waals surface area contributed by atoms with Gasteiger partial charge in [-0.2, -0.15) is 0 Å². The van der Waals surface area contributed by atoms with Gasteiger partial charge in [0, 0.05) is 10.5 Å². The molecule has 0 amide bonds. The van der Waals surface area contributed by atoms with Gasteiger partial charge in [0.2, 0.25) is 6.54 Å². The molecule has 0 spiro atoms. The highest BCUT2D eigenvalue weighted by Gasteiger charge is 2.08. The van der Waals surface area contributed by atoms with Crippen molar-refractivity contribution in [2.24, 2.45) is 0 Å². The molecule has 1 rings (SSSR count). The SMILES string of the molecule is Cc1cc(C)c(C[N+](=O)[O-])cc1O. The fourth-order valence-corrected chi connectivity index (χ4v) is 1.19. The maximum atomic E-state index is 10.2. The zero-order chi connectivity index (χ0) is 10.0. The average Bonchev–Trinajstić information content (AvgIpc) is 1.99. The van der Waals surface area contributed by atoms with Gasteiger partial charge < -0.3 is 5.11 Å². The minimum absolute atomic E-state index is 0.113. The normalized spacial score (nSPS) is 10.0. The number of hydrogen-bond donors (Lipinski definition) is 1. The summed E-state index contributed by atoms with van der Waals surface area (Å²) in [7, 11) is 0. The largest absolute Gasteiger partial charge is 0.508 e. The van der Waals surface area contributed by atoms with Crippen LogP contribution in [0.25, 0.3) is 0 Å². The van der Waals surface area contributed by atoms with Crippen LogP contribution in [0.1, 0.15) is 16.7 Å². The molecule has 13 heavy (non-hydrogen) atoms. The van der Waals surface area contributed by atoms with Crippen LogP contribution in [0.3, 0.4) is 0 Å². The molecule has 1 aromatic carbocycles. The number of aryl methyl sites for hydroxylation is 2. The number of hydrogen-bond acceptors (Lipinski definition) is 3. The van der Waals surface area contributed by atoms with Crippen LogP contribution in [-0.2, 0) is 6.54 Å². The Morgan fingerprint density at radius 2 is 2.00 bits per heavy atom. The van der Waals surface area contributed by atoms with E-state index >= 15 is 0 Å². The molecule has 0 saturated carbocycles. The highest BCUT2D eigenvalue weighted by Crippen LogP contribution is 2.21. The van der Waals surface area contributed by atoms with Crippen molar-refractivity contribution in [1.82, 2.24) is 0 Å². The number of benzene rings is 1. The number of nitrogens with zero attached hydrogens (tertiary/aromatic N) is 1. The summed E-state index contributed by atoms with van der Waals surface area (Å²) in [6, 6.07) is 3.20. The Morgan fingerprint density at radius 1 is 1.38 bits per heavy atom. The van der Waals surface area contributed by atoms with Crippen molar-refractivity contribution in [3.8, 4) is 5.75 Å². The number of aromatic hydroxyl groups is 1. The third-order valence-electron chi connectivity index (χ3n) is 1.95. The molecule has 0 atom stereocenters. The van der Waals surface area contributed by atoms with Crippen molar-refractivity contribution in [2.45, 2.75) is 20.4 Å². The third kappa shape index (κ3) is 2.18. The van der Waals surface area contributed by atoms with Crippen molar-refractivity contribution in [3.63, 3.8) is 0 Å². The minimum Gasteiger partial charge on any atom is -0.508 e. The van der Waals surface area contributed by atoms with E-state index in [0.29, 0.717) is 5.56 Å². The van der Waals surface area contributed by atoms with Gasteiger partial charge in [-0.25, -0.2) is 0 Å². The molecule has 0 heterocycles. The molecule has 4 heteroatoms. The summed E-state index contributed by atoms with van der Waals surface area (Å²) in [5.41, 5.74) is 2.14. The Balaban J connectivity index is 3.08. The molecule has 1 N–H and O–H groups in total. The van der Waals surface area contributed by atoms with E-state index in [9.17, 15) is 15.2 Å². The van der Waals surface area contributed by atoms with E-state index in [1.807, 2.05) is 0 Å². The Hall–Kier alpha value is -1.58. The Kier molecular flexibility index (Phi) is 2.51. The summed E-state index contributed by atoms with van der Waals surface area (Å²) in [6.45, 7) is 3.32. The Morgan fingerprint density at radius 3 is 2.54 bits per heavy atom. The summed E-state index contributed by atoms with van der Waals surface area (Å²) in [4.78, 5) is 9.84. The molecule has 0 aromatic heterocycles. The Bertz CT molecular complexity index is 347. The number of nitro groups is 1. The van der Waals surface area contributed by atoms with Crippen molar-refractivity contribution in [2.75, 3.05) is 0 Å². The summed E-state index contributed by atoms with van der Waals surface area (Å²) in [5, 5.41) is 19.6. The van der Waals surface area contributed by atoms with Crippen molar-refractivity contribution < 1.29 is 10.0 Å². The maximum Gasteiger partial charge on any atom is 0.229 e. The van der Waals surface area contributed by atoms with Gasteiger partial charge in [-0.3, -0.25) is 10.1 Å². The fraction of sp³-hybridized carbons (Fsp3) is 0.333. The summed E-state index contributed by atoms with van der Waals surface area (Å²) in [5.74, 6) is 0.113. The maximum absolute atomic E-state index is 10.2. The molecule has 0 saturated heterocycles. The van der Waals surface area contributed by atoms with E-state index in [4.69, 9.17) is 0 Å². The van der Waals surface area contributed by atoms with Gasteiger partial charge in [0.25, 0.3) is 0 Å². The van der Waals surface area contributed by atoms with Crippen molar-refractivity contribution in [3.05, 3.63) is 38.9 Å². The van der Waals surface area contributed by atoms with Gasteiger partial charge in [0.15, 0.2) is 0 Å². The van der Waals surface area contributed by atoms with Crippen LogP contribution in [0, 0.1) is 24.0 Å². The van der Waals surface area contributed by atoms with Crippen LogP contribution >= 0.6 is 0 Å². The first-order valence-corrected chi connectivity index (χ1v) is 3.91. The second kappa shape index (κ2) is 3.43.